The van der Waals surface area contributed by atoms with Crippen LogP contribution in [0.2, 0.25) is 5.15 Å². The predicted octanol–water partition coefficient (Wildman–Crippen LogP) is 5.29. The average molecular weight is 561 g/mol. The van der Waals surface area contributed by atoms with Crippen molar-refractivity contribution in [3.8, 4) is 11.3 Å². The third kappa shape index (κ3) is 5.53. The standard InChI is InChI=1S/C15H10F3N3O2.C10H10ClN3O2/c1-8-13(14(22)23)21-12(19-8)7-6-11(20-21)9-4-2-3-5-10(9)15(16,17)18;1-3-16-10(15)9-6(2)12-8-5-4-7(11)13-14(8)9/h2-7H,1H3,(H,22,23);4-5H,3H2,1-2H3. The first-order valence-corrected chi connectivity index (χ1v) is 11.8. The highest BCUT2D eigenvalue weighted by atomic mass is 35.5. The number of rotatable bonds is 4. The van der Waals surface area contributed by atoms with E-state index in [4.69, 9.17) is 16.3 Å². The zero-order chi connectivity index (χ0) is 28.5. The number of carbonyl (C=O) groups excluding carboxylic acids is 1. The summed E-state index contributed by atoms with van der Waals surface area (Å²) >= 11 is 5.77. The molecular weight excluding hydrogens is 541 g/mol. The lowest BCUT2D eigenvalue weighted by Crippen LogP contribution is -2.11. The summed E-state index contributed by atoms with van der Waals surface area (Å²) in [6, 6.07) is 11.2. The van der Waals surface area contributed by atoms with Crippen molar-refractivity contribution in [2.24, 2.45) is 0 Å². The molecule has 0 bridgehead atoms. The molecule has 4 heterocycles. The minimum absolute atomic E-state index is 0.0188. The van der Waals surface area contributed by atoms with Crippen LogP contribution in [0.3, 0.4) is 0 Å². The van der Waals surface area contributed by atoms with E-state index < -0.39 is 23.7 Å². The van der Waals surface area contributed by atoms with Crippen LogP contribution in [-0.2, 0) is 10.9 Å². The Hall–Kier alpha value is -4.52. The van der Waals surface area contributed by atoms with Gasteiger partial charge in [0.15, 0.2) is 22.7 Å². The molecule has 1 N–H and O–H groups in total. The fourth-order valence-electron chi connectivity index (χ4n) is 3.84. The van der Waals surface area contributed by atoms with E-state index in [0.717, 1.165) is 10.6 Å². The minimum Gasteiger partial charge on any atom is -0.476 e. The van der Waals surface area contributed by atoms with E-state index in [9.17, 15) is 27.9 Å². The Balaban J connectivity index is 0.000000193. The summed E-state index contributed by atoms with van der Waals surface area (Å²) in [5.41, 5.74) is 0.860. The fourth-order valence-corrected chi connectivity index (χ4v) is 3.98. The molecule has 0 saturated carbocycles. The number of esters is 1. The highest BCUT2D eigenvalue weighted by Crippen LogP contribution is 2.36. The van der Waals surface area contributed by atoms with Crippen LogP contribution in [0.25, 0.3) is 22.6 Å². The number of hydrogen-bond donors (Lipinski definition) is 1. The number of aromatic carboxylic acids is 1. The monoisotopic (exact) mass is 560 g/mol. The zero-order valence-corrected chi connectivity index (χ0v) is 21.4. The van der Waals surface area contributed by atoms with E-state index in [0.29, 0.717) is 28.8 Å². The predicted molar refractivity (Wildman–Crippen MR) is 134 cm³/mol. The van der Waals surface area contributed by atoms with E-state index in [1.54, 1.807) is 26.0 Å². The Kier molecular flexibility index (Phi) is 7.54. The Morgan fingerprint density at radius 3 is 2.13 bits per heavy atom. The van der Waals surface area contributed by atoms with Crippen molar-refractivity contribution in [2.45, 2.75) is 26.9 Å². The number of carbonyl (C=O) groups is 2. The van der Waals surface area contributed by atoms with Gasteiger partial charge in [-0.25, -0.2) is 28.6 Å². The van der Waals surface area contributed by atoms with Crippen LogP contribution in [0.15, 0.2) is 48.5 Å². The molecule has 0 spiro atoms. The quantitative estimate of drug-likeness (QED) is 0.294. The van der Waals surface area contributed by atoms with Crippen LogP contribution >= 0.6 is 11.6 Å². The first-order chi connectivity index (χ1) is 18.4. The summed E-state index contributed by atoms with van der Waals surface area (Å²) in [4.78, 5) is 31.2. The number of nitrogens with zero attached hydrogens (tertiary/aromatic N) is 6. The SMILES string of the molecule is CCOC(=O)c1c(C)nc2ccc(Cl)nn12.Cc1nc2ccc(-c3ccccc3C(F)(F)F)nn2c1C(=O)O. The van der Waals surface area contributed by atoms with Crippen LogP contribution in [0.1, 0.15) is 44.9 Å². The van der Waals surface area contributed by atoms with Gasteiger partial charge in [-0.05, 0) is 51.1 Å². The molecule has 0 saturated heterocycles. The Morgan fingerprint density at radius 1 is 0.923 bits per heavy atom. The molecule has 0 aliphatic rings. The molecule has 0 amide bonds. The van der Waals surface area contributed by atoms with E-state index in [1.165, 1.54) is 41.8 Å². The van der Waals surface area contributed by atoms with Crippen molar-refractivity contribution in [3.63, 3.8) is 0 Å². The molecule has 0 aliphatic heterocycles. The van der Waals surface area contributed by atoms with Crippen molar-refractivity contribution in [1.29, 1.82) is 0 Å². The number of halogens is 4. The van der Waals surface area contributed by atoms with Gasteiger partial charge in [-0.1, -0.05) is 29.8 Å². The third-order valence-corrected chi connectivity index (χ3v) is 5.65. The summed E-state index contributed by atoms with van der Waals surface area (Å²) in [5.74, 6) is -1.69. The second kappa shape index (κ2) is 10.7. The Bertz CT molecular complexity index is 1710. The van der Waals surface area contributed by atoms with Gasteiger partial charge in [-0.15, -0.1) is 0 Å². The van der Waals surface area contributed by atoms with Gasteiger partial charge < -0.3 is 9.84 Å². The maximum atomic E-state index is 13.1. The number of carboxylic acid groups (broad SMARTS) is 1. The number of ether oxygens (including phenoxy) is 1. The van der Waals surface area contributed by atoms with Crippen molar-refractivity contribution < 1.29 is 32.6 Å². The Labute approximate surface area is 223 Å². The van der Waals surface area contributed by atoms with Crippen LogP contribution in [0.4, 0.5) is 13.2 Å². The largest absolute Gasteiger partial charge is 0.476 e. The molecule has 0 unspecified atom stereocenters. The molecule has 39 heavy (non-hydrogen) atoms. The molecule has 5 aromatic rings. The number of aromatic nitrogens is 6. The molecule has 0 radical (unpaired) electrons. The van der Waals surface area contributed by atoms with Crippen LogP contribution in [-0.4, -0.2) is 52.8 Å². The number of fused-ring (bicyclic) bond motifs is 2. The summed E-state index contributed by atoms with van der Waals surface area (Å²) in [5, 5.41) is 17.6. The summed E-state index contributed by atoms with van der Waals surface area (Å²) in [6.45, 7) is 5.29. The lowest BCUT2D eigenvalue weighted by molar-refractivity contribution is -0.137. The van der Waals surface area contributed by atoms with E-state index in [1.807, 2.05) is 0 Å². The second-order valence-electron chi connectivity index (χ2n) is 8.08. The van der Waals surface area contributed by atoms with Crippen molar-refractivity contribution in [3.05, 3.63) is 82.0 Å². The molecule has 5 rings (SSSR count). The minimum atomic E-state index is -4.53. The molecule has 0 atom stereocenters. The maximum absolute atomic E-state index is 13.1. The Morgan fingerprint density at radius 2 is 1.51 bits per heavy atom. The highest BCUT2D eigenvalue weighted by molar-refractivity contribution is 6.29. The van der Waals surface area contributed by atoms with Gasteiger partial charge in [0, 0.05) is 5.56 Å². The molecule has 10 nitrogen and oxygen atoms in total. The normalized spacial score (nSPS) is 11.4. The van der Waals surface area contributed by atoms with Crippen molar-refractivity contribution in [1.82, 2.24) is 29.2 Å². The van der Waals surface area contributed by atoms with Gasteiger partial charge in [0.25, 0.3) is 0 Å². The van der Waals surface area contributed by atoms with Gasteiger partial charge in [0.1, 0.15) is 5.15 Å². The topological polar surface area (TPSA) is 124 Å². The van der Waals surface area contributed by atoms with Gasteiger partial charge in [-0.2, -0.15) is 23.4 Å². The number of carboxylic acids is 1. The summed E-state index contributed by atoms with van der Waals surface area (Å²) in [7, 11) is 0. The maximum Gasteiger partial charge on any atom is 0.417 e. The smallest absolute Gasteiger partial charge is 0.417 e. The summed E-state index contributed by atoms with van der Waals surface area (Å²) in [6.07, 6.45) is -4.53. The second-order valence-corrected chi connectivity index (χ2v) is 8.46. The number of benzene rings is 1. The van der Waals surface area contributed by atoms with Crippen molar-refractivity contribution in [2.75, 3.05) is 6.61 Å². The van der Waals surface area contributed by atoms with Gasteiger partial charge in [0.2, 0.25) is 0 Å². The molecule has 4 aromatic heterocycles. The first-order valence-electron chi connectivity index (χ1n) is 11.4. The number of hydrogen-bond acceptors (Lipinski definition) is 7. The highest BCUT2D eigenvalue weighted by Gasteiger charge is 2.34. The molecule has 1 aromatic carbocycles. The lowest BCUT2D eigenvalue weighted by Gasteiger charge is -2.12. The number of alkyl halides is 3. The third-order valence-electron chi connectivity index (χ3n) is 5.45. The van der Waals surface area contributed by atoms with E-state index >= 15 is 0 Å². The summed E-state index contributed by atoms with van der Waals surface area (Å²) < 4.78 is 46.7. The molecular formula is C25H20ClF3N6O4. The first kappa shape index (κ1) is 27.5. The molecule has 0 aliphatic carbocycles. The van der Waals surface area contributed by atoms with E-state index in [2.05, 4.69) is 20.2 Å². The molecule has 14 heteroatoms. The zero-order valence-electron chi connectivity index (χ0n) is 20.7. The average Bonchev–Trinajstić information content (AvgIpc) is 3.38. The van der Waals surface area contributed by atoms with Crippen LogP contribution in [0, 0.1) is 13.8 Å². The number of imidazole rings is 2. The fraction of sp³-hybridized carbons (Fsp3) is 0.200. The van der Waals surface area contributed by atoms with Crippen molar-refractivity contribution >= 4 is 34.8 Å². The van der Waals surface area contributed by atoms with Crippen LogP contribution in [0.5, 0.6) is 0 Å². The van der Waals surface area contributed by atoms with E-state index in [-0.39, 0.29) is 28.3 Å². The lowest BCUT2D eigenvalue weighted by atomic mass is 10.0. The number of aryl methyl sites for hydroxylation is 2. The molecule has 0 fully saturated rings. The van der Waals surface area contributed by atoms with Gasteiger partial charge in [0.05, 0.1) is 29.3 Å². The van der Waals surface area contributed by atoms with Gasteiger partial charge >= 0.3 is 18.1 Å². The molecule has 202 valence electrons. The van der Waals surface area contributed by atoms with Crippen LogP contribution < -0.4 is 0 Å². The van der Waals surface area contributed by atoms with Gasteiger partial charge in [-0.3, -0.25) is 0 Å².